The fraction of sp³-hybridized carbons (Fsp3) is 0.125. The molecule has 0 aliphatic heterocycles. The predicted octanol–water partition coefficient (Wildman–Crippen LogP) is 2.54. The van der Waals surface area contributed by atoms with Crippen LogP contribution in [0.3, 0.4) is 0 Å². The Balaban J connectivity index is 2.22. The van der Waals surface area contributed by atoms with Crippen molar-refractivity contribution in [3.63, 3.8) is 0 Å². The average molecular weight is 269 g/mol. The maximum atomic E-state index is 12.2. The molecule has 1 amide bonds. The topological polar surface area (TPSA) is 46.6 Å². The van der Waals surface area contributed by atoms with Crippen molar-refractivity contribution >= 4 is 17.4 Å². The molecular weight excluding hydrogens is 254 g/mol. The monoisotopic (exact) mass is 269 g/mol. The largest absolute Gasteiger partial charge is 0.497 e. The third-order valence-electron chi connectivity index (χ3n) is 2.97. The van der Waals surface area contributed by atoms with Gasteiger partial charge in [-0.05, 0) is 24.3 Å². The number of methoxy groups -OCH3 is 1. The van der Waals surface area contributed by atoms with Crippen LogP contribution < -0.4 is 9.64 Å². The van der Waals surface area contributed by atoms with E-state index in [1.807, 2.05) is 18.2 Å². The summed E-state index contributed by atoms with van der Waals surface area (Å²) in [7, 11) is 3.09. The molecule has 0 N–H and O–H groups in total. The van der Waals surface area contributed by atoms with Crippen LogP contribution in [0.2, 0.25) is 0 Å². The number of rotatable bonds is 4. The molecule has 4 nitrogen and oxygen atoms in total. The molecule has 0 radical (unpaired) electrons. The second kappa shape index (κ2) is 6.02. The third kappa shape index (κ3) is 2.85. The van der Waals surface area contributed by atoms with Gasteiger partial charge in [-0.25, -0.2) is 0 Å². The lowest BCUT2D eigenvalue weighted by molar-refractivity contribution is -0.114. The molecule has 0 saturated heterocycles. The molecule has 102 valence electrons. The highest BCUT2D eigenvalue weighted by molar-refractivity contribution is 6.47. The standard InChI is InChI=1S/C16H15NO3/c1-17(13-8-4-3-5-9-13)16(19)15(18)12-7-6-10-14(11-12)20-2/h3-11H,1-2H3. The Morgan fingerprint density at radius 2 is 1.70 bits per heavy atom. The van der Waals surface area contributed by atoms with Crippen molar-refractivity contribution in [2.45, 2.75) is 0 Å². The zero-order chi connectivity index (χ0) is 14.5. The van der Waals surface area contributed by atoms with Gasteiger partial charge in [0.05, 0.1) is 7.11 Å². The number of nitrogens with zero attached hydrogens (tertiary/aromatic N) is 1. The number of hydrogen-bond donors (Lipinski definition) is 0. The molecule has 0 atom stereocenters. The second-order valence-corrected chi connectivity index (χ2v) is 4.26. The number of ketones is 1. The Morgan fingerprint density at radius 1 is 1.00 bits per heavy atom. The molecule has 2 aromatic carbocycles. The Kier molecular flexibility index (Phi) is 4.15. The molecule has 20 heavy (non-hydrogen) atoms. The van der Waals surface area contributed by atoms with Crippen LogP contribution in [0.15, 0.2) is 54.6 Å². The van der Waals surface area contributed by atoms with Gasteiger partial charge in [-0.3, -0.25) is 9.59 Å². The van der Waals surface area contributed by atoms with Crippen LogP contribution in [0.1, 0.15) is 10.4 Å². The number of benzene rings is 2. The SMILES string of the molecule is COc1cccc(C(=O)C(=O)N(C)c2ccccc2)c1. The minimum Gasteiger partial charge on any atom is -0.497 e. The number of likely N-dealkylation sites (N-methyl/N-ethyl adjacent to an activating group) is 1. The summed E-state index contributed by atoms with van der Waals surface area (Å²) in [5, 5.41) is 0. The fourth-order valence-electron chi connectivity index (χ4n) is 1.81. The number of para-hydroxylation sites is 1. The first-order chi connectivity index (χ1) is 9.63. The summed E-state index contributed by atoms with van der Waals surface area (Å²) in [6.07, 6.45) is 0. The lowest BCUT2D eigenvalue weighted by atomic mass is 10.1. The van der Waals surface area contributed by atoms with Gasteiger partial charge in [0.15, 0.2) is 0 Å². The van der Waals surface area contributed by atoms with E-state index >= 15 is 0 Å². The van der Waals surface area contributed by atoms with E-state index in [2.05, 4.69) is 0 Å². The Labute approximate surface area is 117 Å². The van der Waals surface area contributed by atoms with E-state index in [1.165, 1.54) is 12.0 Å². The molecule has 0 unspecified atom stereocenters. The minimum atomic E-state index is -0.579. The third-order valence-corrected chi connectivity index (χ3v) is 2.97. The van der Waals surface area contributed by atoms with Crippen molar-refractivity contribution in [3.05, 3.63) is 60.2 Å². The van der Waals surface area contributed by atoms with Crippen molar-refractivity contribution in [1.29, 1.82) is 0 Å². The number of anilines is 1. The van der Waals surface area contributed by atoms with Crippen molar-refractivity contribution in [2.75, 3.05) is 19.1 Å². The van der Waals surface area contributed by atoms with Gasteiger partial charge < -0.3 is 9.64 Å². The van der Waals surface area contributed by atoms with E-state index in [9.17, 15) is 9.59 Å². The van der Waals surface area contributed by atoms with E-state index < -0.39 is 11.7 Å². The van der Waals surface area contributed by atoms with Gasteiger partial charge in [-0.15, -0.1) is 0 Å². The van der Waals surface area contributed by atoms with Gasteiger partial charge in [0.2, 0.25) is 0 Å². The summed E-state index contributed by atoms with van der Waals surface area (Å²) in [5.41, 5.74) is 0.992. The number of carbonyl (C=O) groups excluding carboxylic acids is 2. The lowest BCUT2D eigenvalue weighted by Gasteiger charge is -2.16. The predicted molar refractivity (Wildman–Crippen MR) is 77.2 cm³/mol. The highest BCUT2D eigenvalue weighted by Crippen LogP contribution is 2.16. The Bertz CT molecular complexity index is 623. The van der Waals surface area contributed by atoms with Crippen LogP contribution in [0.4, 0.5) is 5.69 Å². The molecule has 0 bridgehead atoms. The van der Waals surface area contributed by atoms with Crippen LogP contribution in [-0.2, 0) is 4.79 Å². The average Bonchev–Trinajstić information content (AvgIpc) is 2.53. The maximum Gasteiger partial charge on any atom is 0.299 e. The van der Waals surface area contributed by atoms with Crippen LogP contribution in [0.25, 0.3) is 0 Å². The molecule has 0 heterocycles. The molecule has 0 aromatic heterocycles. The molecule has 0 saturated carbocycles. The molecular formula is C16H15NO3. The Hall–Kier alpha value is -2.62. The fourth-order valence-corrected chi connectivity index (χ4v) is 1.81. The second-order valence-electron chi connectivity index (χ2n) is 4.26. The Morgan fingerprint density at radius 3 is 2.35 bits per heavy atom. The van der Waals surface area contributed by atoms with E-state index in [0.29, 0.717) is 17.0 Å². The van der Waals surface area contributed by atoms with Crippen molar-refractivity contribution in [2.24, 2.45) is 0 Å². The molecule has 0 aliphatic carbocycles. The zero-order valence-corrected chi connectivity index (χ0v) is 11.4. The van der Waals surface area contributed by atoms with E-state index in [-0.39, 0.29) is 0 Å². The first-order valence-corrected chi connectivity index (χ1v) is 6.15. The quantitative estimate of drug-likeness (QED) is 0.633. The number of carbonyl (C=O) groups is 2. The molecule has 0 aliphatic rings. The van der Waals surface area contributed by atoms with Crippen molar-refractivity contribution in [3.8, 4) is 5.75 Å². The highest BCUT2D eigenvalue weighted by atomic mass is 16.5. The number of Topliss-reactive ketones (excluding diaryl/α,β-unsaturated/α-hetero) is 1. The summed E-state index contributed by atoms with van der Waals surface area (Å²) in [5.74, 6) is -0.592. The zero-order valence-electron chi connectivity index (χ0n) is 11.4. The first-order valence-electron chi connectivity index (χ1n) is 6.15. The molecule has 0 fully saturated rings. The smallest absolute Gasteiger partial charge is 0.299 e. The van der Waals surface area contributed by atoms with Gasteiger partial charge in [0, 0.05) is 18.3 Å². The summed E-state index contributed by atoms with van der Waals surface area (Å²) in [6.45, 7) is 0. The van der Waals surface area contributed by atoms with Crippen molar-refractivity contribution in [1.82, 2.24) is 0 Å². The van der Waals surface area contributed by atoms with Crippen LogP contribution >= 0.6 is 0 Å². The van der Waals surface area contributed by atoms with Crippen LogP contribution in [-0.4, -0.2) is 25.8 Å². The van der Waals surface area contributed by atoms with E-state index in [4.69, 9.17) is 4.74 Å². The summed E-state index contributed by atoms with van der Waals surface area (Å²) >= 11 is 0. The first kappa shape index (κ1) is 13.8. The van der Waals surface area contributed by atoms with Crippen LogP contribution in [0, 0.1) is 0 Å². The normalized spacial score (nSPS) is 9.90. The van der Waals surface area contributed by atoms with Crippen molar-refractivity contribution < 1.29 is 14.3 Å². The van der Waals surface area contributed by atoms with Gasteiger partial charge in [-0.2, -0.15) is 0 Å². The minimum absolute atomic E-state index is 0.317. The number of ether oxygens (including phenoxy) is 1. The number of hydrogen-bond acceptors (Lipinski definition) is 3. The van der Waals surface area contributed by atoms with Gasteiger partial charge in [-0.1, -0.05) is 30.3 Å². The lowest BCUT2D eigenvalue weighted by Crippen LogP contribution is -2.33. The van der Waals surface area contributed by atoms with Crippen LogP contribution in [0.5, 0.6) is 5.75 Å². The molecule has 2 aromatic rings. The van der Waals surface area contributed by atoms with Gasteiger partial charge in [0.25, 0.3) is 11.7 Å². The summed E-state index contributed by atoms with van der Waals surface area (Å²) in [4.78, 5) is 25.7. The number of amides is 1. The molecule has 2 rings (SSSR count). The maximum absolute atomic E-state index is 12.2. The summed E-state index contributed by atoms with van der Waals surface area (Å²) in [6, 6.07) is 15.6. The highest BCUT2D eigenvalue weighted by Gasteiger charge is 2.21. The summed E-state index contributed by atoms with van der Waals surface area (Å²) < 4.78 is 5.05. The molecule has 4 heteroatoms. The van der Waals surface area contributed by atoms with E-state index in [1.54, 1.807) is 43.4 Å². The molecule has 0 spiro atoms. The van der Waals surface area contributed by atoms with Gasteiger partial charge in [0.1, 0.15) is 5.75 Å². The van der Waals surface area contributed by atoms with E-state index in [0.717, 1.165) is 0 Å². The van der Waals surface area contributed by atoms with Gasteiger partial charge >= 0.3 is 0 Å².